The number of nitrogens with zero attached hydrogens (tertiary/aromatic N) is 2. The number of rotatable bonds is 5. The van der Waals surface area contributed by atoms with Crippen molar-refractivity contribution in [3.63, 3.8) is 0 Å². The number of methoxy groups -OCH3 is 1. The van der Waals surface area contributed by atoms with Crippen LogP contribution in [-0.2, 0) is 4.74 Å². The molecule has 0 aliphatic rings. The fourth-order valence-electron chi connectivity index (χ4n) is 2.07. The number of fused-ring (bicyclic) bond motifs is 1. The van der Waals surface area contributed by atoms with E-state index in [-0.39, 0.29) is 23.2 Å². The molecule has 0 saturated carbocycles. The van der Waals surface area contributed by atoms with Crippen molar-refractivity contribution in [3.05, 3.63) is 40.3 Å². The standard InChI is InChI=1S/C15H19N3O3/c1-10(2)18-15(20)12-7-5-4-6-11(12)13(17-18)14(19)16-8-9-21-3/h4-7,10H,8-9H2,1-3H3,(H,16,19). The molecule has 112 valence electrons. The topological polar surface area (TPSA) is 73.2 Å². The average molecular weight is 289 g/mol. The highest BCUT2D eigenvalue weighted by Crippen LogP contribution is 2.14. The Kier molecular flexibility index (Phi) is 4.70. The van der Waals surface area contributed by atoms with Gasteiger partial charge in [0.25, 0.3) is 11.5 Å². The van der Waals surface area contributed by atoms with Crippen LogP contribution < -0.4 is 10.9 Å². The van der Waals surface area contributed by atoms with E-state index in [9.17, 15) is 9.59 Å². The molecule has 0 saturated heterocycles. The minimum absolute atomic E-state index is 0.118. The third-order valence-corrected chi connectivity index (χ3v) is 3.12. The zero-order chi connectivity index (χ0) is 15.4. The van der Waals surface area contributed by atoms with Crippen LogP contribution in [0.5, 0.6) is 0 Å². The first kappa shape index (κ1) is 15.2. The number of nitrogens with one attached hydrogen (secondary N) is 1. The minimum Gasteiger partial charge on any atom is -0.383 e. The quantitative estimate of drug-likeness (QED) is 0.843. The molecule has 0 fully saturated rings. The van der Waals surface area contributed by atoms with Crippen LogP contribution in [-0.4, -0.2) is 35.9 Å². The Labute approximate surface area is 122 Å². The molecule has 21 heavy (non-hydrogen) atoms. The average Bonchev–Trinajstić information content (AvgIpc) is 2.47. The summed E-state index contributed by atoms with van der Waals surface area (Å²) in [5.41, 5.74) is 0.0732. The Morgan fingerprint density at radius 3 is 2.62 bits per heavy atom. The van der Waals surface area contributed by atoms with Crippen molar-refractivity contribution in [1.29, 1.82) is 0 Å². The maximum absolute atomic E-state index is 12.4. The molecule has 1 aromatic carbocycles. The van der Waals surface area contributed by atoms with Crippen LogP contribution in [0.3, 0.4) is 0 Å². The SMILES string of the molecule is COCCNC(=O)c1nn(C(C)C)c(=O)c2ccccc12. The van der Waals surface area contributed by atoms with Crippen molar-refractivity contribution in [2.75, 3.05) is 20.3 Å². The van der Waals surface area contributed by atoms with Gasteiger partial charge in [-0.05, 0) is 19.9 Å². The lowest BCUT2D eigenvalue weighted by atomic mass is 10.1. The zero-order valence-electron chi connectivity index (χ0n) is 12.4. The summed E-state index contributed by atoms with van der Waals surface area (Å²) < 4.78 is 6.25. The molecule has 2 aromatic rings. The maximum Gasteiger partial charge on any atom is 0.274 e. The van der Waals surface area contributed by atoms with E-state index in [0.717, 1.165) is 0 Å². The van der Waals surface area contributed by atoms with Crippen molar-refractivity contribution in [2.45, 2.75) is 19.9 Å². The van der Waals surface area contributed by atoms with Crippen LogP contribution in [0.2, 0.25) is 0 Å². The normalized spacial score (nSPS) is 11.0. The van der Waals surface area contributed by atoms with Gasteiger partial charge in [-0.15, -0.1) is 0 Å². The van der Waals surface area contributed by atoms with Crippen LogP contribution >= 0.6 is 0 Å². The Bertz CT molecular complexity index is 707. The van der Waals surface area contributed by atoms with Crippen molar-refractivity contribution in [2.24, 2.45) is 0 Å². The molecule has 1 amide bonds. The second kappa shape index (κ2) is 6.49. The highest BCUT2D eigenvalue weighted by molar-refractivity contribution is 6.04. The second-order valence-electron chi connectivity index (χ2n) is 4.99. The van der Waals surface area contributed by atoms with E-state index in [1.807, 2.05) is 13.8 Å². The van der Waals surface area contributed by atoms with Gasteiger partial charge in [-0.3, -0.25) is 9.59 Å². The van der Waals surface area contributed by atoms with Gasteiger partial charge >= 0.3 is 0 Å². The Morgan fingerprint density at radius 1 is 1.33 bits per heavy atom. The maximum atomic E-state index is 12.4. The first-order chi connectivity index (χ1) is 10.1. The number of carbonyl (C=O) groups is 1. The van der Waals surface area contributed by atoms with E-state index >= 15 is 0 Å². The summed E-state index contributed by atoms with van der Waals surface area (Å²) in [6, 6.07) is 6.90. The third kappa shape index (κ3) is 3.11. The van der Waals surface area contributed by atoms with Crippen molar-refractivity contribution in [3.8, 4) is 0 Å². The number of carbonyl (C=O) groups excluding carboxylic acids is 1. The van der Waals surface area contributed by atoms with E-state index in [4.69, 9.17) is 4.74 Å². The largest absolute Gasteiger partial charge is 0.383 e. The number of hydrogen-bond acceptors (Lipinski definition) is 4. The van der Waals surface area contributed by atoms with Crippen LogP contribution in [0, 0.1) is 0 Å². The van der Waals surface area contributed by atoms with E-state index in [1.165, 1.54) is 4.68 Å². The van der Waals surface area contributed by atoms with Crippen molar-refractivity contribution < 1.29 is 9.53 Å². The second-order valence-corrected chi connectivity index (χ2v) is 4.99. The number of hydrogen-bond donors (Lipinski definition) is 1. The predicted molar refractivity (Wildman–Crippen MR) is 80.6 cm³/mol. The lowest BCUT2D eigenvalue weighted by Crippen LogP contribution is -2.32. The number of amides is 1. The van der Waals surface area contributed by atoms with Crippen molar-refractivity contribution in [1.82, 2.24) is 15.1 Å². The summed E-state index contributed by atoms with van der Waals surface area (Å²) in [6.45, 7) is 4.53. The lowest BCUT2D eigenvalue weighted by molar-refractivity contribution is 0.0931. The Hall–Kier alpha value is -2.21. The summed E-state index contributed by atoms with van der Waals surface area (Å²) in [5, 5.41) is 8.03. The Morgan fingerprint density at radius 2 is 2.00 bits per heavy atom. The molecule has 6 nitrogen and oxygen atoms in total. The fourth-order valence-corrected chi connectivity index (χ4v) is 2.07. The highest BCUT2D eigenvalue weighted by atomic mass is 16.5. The van der Waals surface area contributed by atoms with Crippen LogP contribution in [0.25, 0.3) is 10.8 Å². The molecule has 0 radical (unpaired) electrons. The number of aromatic nitrogens is 2. The molecular formula is C15H19N3O3. The molecule has 0 spiro atoms. The van der Waals surface area contributed by atoms with Crippen molar-refractivity contribution >= 4 is 16.7 Å². The van der Waals surface area contributed by atoms with Gasteiger partial charge in [-0.1, -0.05) is 18.2 Å². The fraction of sp³-hybridized carbons (Fsp3) is 0.400. The molecule has 0 atom stereocenters. The molecule has 0 unspecified atom stereocenters. The molecule has 1 aromatic heterocycles. The molecule has 1 heterocycles. The van der Waals surface area contributed by atoms with Gasteiger partial charge in [0, 0.05) is 19.0 Å². The molecule has 0 aliphatic carbocycles. The first-order valence-electron chi connectivity index (χ1n) is 6.85. The predicted octanol–water partition coefficient (Wildman–Crippen LogP) is 1.35. The van der Waals surface area contributed by atoms with Gasteiger partial charge in [-0.2, -0.15) is 5.10 Å². The monoisotopic (exact) mass is 289 g/mol. The first-order valence-corrected chi connectivity index (χ1v) is 6.85. The van der Waals surface area contributed by atoms with E-state index in [1.54, 1.807) is 31.4 Å². The zero-order valence-corrected chi connectivity index (χ0v) is 12.4. The highest BCUT2D eigenvalue weighted by Gasteiger charge is 2.17. The minimum atomic E-state index is -0.308. The molecular weight excluding hydrogens is 270 g/mol. The summed E-state index contributed by atoms with van der Waals surface area (Å²) in [4.78, 5) is 24.6. The van der Waals surface area contributed by atoms with Gasteiger partial charge in [0.05, 0.1) is 18.0 Å². The summed E-state index contributed by atoms with van der Waals surface area (Å²) in [6.07, 6.45) is 0. The number of ether oxygens (including phenoxy) is 1. The van der Waals surface area contributed by atoms with Gasteiger partial charge in [-0.25, -0.2) is 4.68 Å². The smallest absolute Gasteiger partial charge is 0.274 e. The molecule has 1 N–H and O–H groups in total. The van der Waals surface area contributed by atoms with Crippen LogP contribution in [0.1, 0.15) is 30.4 Å². The number of benzene rings is 1. The summed E-state index contributed by atoms with van der Waals surface area (Å²) in [5.74, 6) is -0.308. The van der Waals surface area contributed by atoms with Gasteiger partial charge in [0.2, 0.25) is 0 Å². The van der Waals surface area contributed by atoms with Gasteiger partial charge < -0.3 is 10.1 Å². The third-order valence-electron chi connectivity index (χ3n) is 3.12. The van der Waals surface area contributed by atoms with Crippen LogP contribution in [0.15, 0.2) is 29.1 Å². The molecule has 0 aliphatic heterocycles. The van der Waals surface area contributed by atoms with Crippen LogP contribution in [0.4, 0.5) is 0 Å². The lowest BCUT2D eigenvalue weighted by Gasteiger charge is -2.13. The van der Waals surface area contributed by atoms with E-state index in [0.29, 0.717) is 23.9 Å². The van der Waals surface area contributed by atoms with E-state index in [2.05, 4.69) is 10.4 Å². The summed E-state index contributed by atoms with van der Waals surface area (Å²) >= 11 is 0. The summed E-state index contributed by atoms with van der Waals surface area (Å²) in [7, 11) is 1.57. The van der Waals surface area contributed by atoms with Gasteiger partial charge in [0.1, 0.15) is 0 Å². The molecule has 6 heteroatoms. The molecule has 0 bridgehead atoms. The van der Waals surface area contributed by atoms with Gasteiger partial charge in [0.15, 0.2) is 5.69 Å². The molecule has 2 rings (SSSR count). The Balaban J connectivity index is 2.54. The van der Waals surface area contributed by atoms with E-state index < -0.39 is 0 Å².